The summed E-state index contributed by atoms with van der Waals surface area (Å²) in [4.78, 5) is 47.6. The van der Waals surface area contributed by atoms with Crippen LogP contribution in [0.5, 0.6) is 0 Å². The first-order chi connectivity index (χ1) is 28.3. The molecule has 308 valence electrons. The largest absolute Gasteiger partial charge is 0.478 e. The first kappa shape index (κ1) is 45.3. The fourth-order valence-corrected chi connectivity index (χ4v) is 8.12. The molecule has 60 heavy (non-hydrogen) atoms. The second-order valence-corrected chi connectivity index (χ2v) is 18.2. The Balaban J connectivity index is 0.000000228. The average Bonchev–Trinajstić information content (AvgIpc) is 3.21. The van der Waals surface area contributed by atoms with E-state index >= 15 is 0 Å². The molecule has 0 bridgehead atoms. The molecule has 0 unspecified atom stereocenters. The van der Waals surface area contributed by atoms with Crippen LogP contribution < -0.4 is 20.1 Å². The van der Waals surface area contributed by atoms with Crippen LogP contribution in [0.3, 0.4) is 0 Å². The fraction of sp³-hybridized carbons (Fsp3) is 0. The van der Waals surface area contributed by atoms with Crippen molar-refractivity contribution in [1.82, 2.24) is 0 Å². The summed E-state index contributed by atoms with van der Waals surface area (Å²) in [7, 11) is -7.72. The third kappa shape index (κ3) is 12.2. The molecule has 2 amide bonds. The number of carbonyl (C=O) groups is 4. The highest BCUT2D eigenvalue weighted by Gasteiger charge is 2.19. The van der Waals surface area contributed by atoms with Crippen molar-refractivity contribution >= 4 is 122 Å². The van der Waals surface area contributed by atoms with Gasteiger partial charge in [-0.1, -0.05) is 55.1 Å². The van der Waals surface area contributed by atoms with Crippen LogP contribution in [0.2, 0.25) is 10.0 Å². The number of anilines is 4. The van der Waals surface area contributed by atoms with E-state index in [1.165, 1.54) is 97.1 Å². The number of nitrogens with one attached hydrogen (secondary N) is 4. The number of amides is 2. The molecule has 6 aromatic carbocycles. The van der Waals surface area contributed by atoms with Gasteiger partial charge in [-0.25, -0.2) is 26.4 Å². The zero-order chi connectivity index (χ0) is 43.8. The van der Waals surface area contributed by atoms with Crippen molar-refractivity contribution in [2.75, 3.05) is 20.1 Å². The molecule has 0 saturated carbocycles. The highest BCUT2D eigenvalue weighted by Crippen LogP contribution is 2.25. The lowest BCUT2D eigenvalue weighted by atomic mass is 10.1. The molecule has 0 saturated heterocycles. The van der Waals surface area contributed by atoms with E-state index in [2.05, 4.69) is 51.9 Å². The number of hydrogen-bond acceptors (Lipinski definition) is 8. The predicted octanol–water partition coefficient (Wildman–Crippen LogP) is 9.71. The Hall–Kier alpha value is -5.76. The van der Waals surface area contributed by atoms with Crippen LogP contribution in [0, 0.1) is 0 Å². The lowest BCUT2D eigenvalue weighted by molar-refractivity contribution is 0.0686. The third-order valence-corrected chi connectivity index (χ3v) is 12.3. The highest BCUT2D eigenvalue weighted by molar-refractivity contribution is 9.10. The van der Waals surface area contributed by atoms with Crippen molar-refractivity contribution in [2.24, 2.45) is 0 Å². The number of aromatic carboxylic acids is 2. The number of carboxylic acid groups (broad SMARTS) is 2. The van der Waals surface area contributed by atoms with Crippen LogP contribution in [0.15, 0.2) is 152 Å². The van der Waals surface area contributed by atoms with Crippen LogP contribution in [-0.2, 0) is 20.0 Å². The van der Waals surface area contributed by atoms with E-state index in [9.17, 15) is 46.2 Å². The van der Waals surface area contributed by atoms with E-state index < -0.39 is 43.8 Å². The fourth-order valence-electron chi connectivity index (χ4n) is 5.03. The zero-order valence-electron chi connectivity index (χ0n) is 30.2. The van der Waals surface area contributed by atoms with Gasteiger partial charge in [0, 0.05) is 41.5 Å². The van der Waals surface area contributed by atoms with Crippen molar-refractivity contribution in [1.29, 1.82) is 0 Å². The smallest absolute Gasteiger partial charge is 0.337 e. The molecule has 0 aliphatic rings. The Labute approximate surface area is 369 Å². The Morgan fingerprint density at radius 3 is 1.08 bits per heavy atom. The summed E-state index contributed by atoms with van der Waals surface area (Å²) >= 11 is 17.9. The number of benzene rings is 6. The van der Waals surface area contributed by atoms with Crippen LogP contribution >= 0.6 is 55.1 Å². The predicted molar refractivity (Wildman–Crippen MR) is 236 cm³/mol. The van der Waals surface area contributed by atoms with Crippen molar-refractivity contribution in [2.45, 2.75) is 9.79 Å². The van der Waals surface area contributed by atoms with Crippen LogP contribution in [0.4, 0.5) is 22.7 Å². The molecule has 6 rings (SSSR count). The van der Waals surface area contributed by atoms with Crippen molar-refractivity contribution in [3.8, 4) is 0 Å². The summed E-state index contributed by atoms with van der Waals surface area (Å²) in [5.74, 6) is -3.54. The second kappa shape index (κ2) is 19.5. The van der Waals surface area contributed by atoms with Gasteiger partial charge < -0.3 is 20.8 Å². The molecule has 6 N–H and O–H groups in total. The minimum Gasteiger partial charge on any atom is -0.478 e. The molecule has 0 aliphatic heterocycles. The number of carboxylic acids is 2. The van der Waals surface area contributed by atoms with E-state index in [1.807, 2.05) is 0 Å². The van der Waals surface area contributed by atoms with Crippen molar-refractivity contribution < 1.29 is 46.2 Å². The number of halogens is 4. The van der Waals surface area contributed by atoms with Crippen LogP contribution in [-0.4, -0.2) is 50.8 Å². The van der Waals surface area contributed by atoms with Crippen molar-refractivity contribution in [3.05, 3.63) is 175 Å². The molecule has 0 radical (unpaired) electrons. The van der Waals surface area contributed by atoms with E-state index in [4.69, 9.17) is 23.2 Å². The molecule has 0 aliphatic carbocycles. The first-order valence-electron chi connectivity index (χ1n) is 16.8. The van der Waals surface area contributed by atoms with Gasteiger partial charge >= 0.3 is 11.9 Å². The molecular weight excluding hydrogens is 991 g/mol. The van der Waals surface area contributed by atoms with Gasteiger partial charge in [0.15, 0.2) is 0 Å². The molecule has 0 heterocycles. The molecular formula is C40H28Br2Cl2N4O10S2. The topological polar surface area (TPSA) is 225 Å². The maximum atomic E-state index is 12.5. The van der Waals surface area contributed by atoms with Gasteiger partial charge in [0.2, 0.25) is 0 Å². The van der Waals surface area contributed by atoms with Gasteiger partial charge in [0.25, 0.3) is 31.9 Å². The second-order valence-electron chi connectivity index (χ2n) is 12.2. The average molecular weight is 1020 g/mol. The molecule has 0 fully saturated rings. The van der Waals surface area contributed by atoms with E-state index in [0.717, 1.165) is 0 Å². The van der Waals surface area contributed by atoms with Crippen LogP contribution in [0.25, 0.3) is 0 Å². The van der Waals surface area contributed by atoms with Gasteiger partial charge in [0.1, 0.15) is 0 Å². The number of carbonyl (C=O) groups excluding carboxylic acids is 2. The molecule has 20 heteroatoms. The van der Waals surface area contributed by atoms with Gasteiger partial charge in [-0.3, -0.25) is 19.0 Å². The van der Waals surface area contributed by atoms with E-state index in [0.29, 0.717) is 30.4 Å². The normalized spacial score (nSPS) is 11.0. The first-order valence-corrected chi connectivity index (χ1v) is 22.1. The summed E-state index contributed by atoms with van der Waals surface area (Å²) in [5.41, 5.74) is 1.11. The Bertz CT molecular complexity index is 2620. The van der Waals surface area contributed by atoms with Gasteiger partial charge in [-0.05, 0) is 133 Å². The lowest BCUT2D eigenvalue weighted by Gasteiger charge is -2.11. The number of rotatable bonds is 12. The Morgan fingerprint density at radius 1 is 0.467 bits per heavy atom. The van der Waals surface area contributed by atoms with Gasteiger partial charge in [-0.15, -0.1) is 0 Å². The van der Waals surface area contributed by atoms with Crippen molar-refractivity contribution in [3.63, 3.8) is 0 Å². The summed E-state index contributed by atoms with van der Waals surface area (Å²) in [6.07, 6.45) is 0. The summed E-state index contributed by atoms with van der Waals surface area (Å²) in [5, 5.41) is 24.6. The number of hydrogen-bond donors (Lipinski definition) is 6. The standard InChI is InChI=1S/2C20H14BrClN2O5S/c2*21-13-3-10-18(17(11-13)20(26)27)23-19(25)12-1-8-16(9-2-12)30(28,29)24-15-6-4-14(22)5-7-15/h2*1-11,24H,(H,23,25)(H,26,27). The summed E-state index contributed by atoms with van der Waals surface area (Å²) in [6.45, 7) is 0. The monoisotopic (exact) mass is 1020 g/mol. The lowest BCUT2D eigenvalue weighted by Crippen LogP contribution is -2.16. The summed E-state index contributed by atoms with van der Waals surface area (Å²) in [6, 6.07) is 31.7. The number of sulfonamides is 2. The molecule has 6 aromatic rings. The maximum absolute atomic E-state index is 12.5. The zero-order valence-corrected chi connectivity index (χ0v) is 36.5. The summed E-state index contributed by atoms with van der Waals surface area (Å²) < 4.78 is 55.9. The van der Waals surface area contributed by atoms with Gasteiger partial charge in [0.05, 0.1) is 32.3 Å². The SMILES string of the molecule is O=C(Nc1ccc(Br)cc1C(=O)O)c1ccc(S(=O)(=O)Nc2ccc(Cl)cc2)cc1.O=C(Nc1ccc(Br)cc1C(=O)O)c1ccc(S(=O)(=O)Nc2ccc(Cl)cc2)cc1. The molecule has 0 spiro atoms. The van der Waals surface area contributed by atoms with E-state index in [1.54, 1.807) is 36.4 Å². The highest BCUT2D eigenvalue weighted by atomic mass is 79.9. The molecule has 0 aromatic heterocycles. The maximum Gasteiger partial charge on any atom is 0.337 e. The van der Waals surface area contributed by atoms with E-state index in [-0.39, 0.29) is 43.4 Å². The molecule has 0 atom stereocenters. The van der Waals surface area contributed by atoms with Gasteiger partial charge in [-0.2, -0.15) is 0 Å². The third-order valence-electron chi connectivity index (χ3n) is 7.97. The molecule has 14 nitrogen and oxygen atoms in total. The minimum atomic E-state index is -3.86. The Kier molecular flexibility index (Phi) is 14.8. The quantitative estimate of drug-likeness (QED) is 0.0680. The van der Waals surface area contributed by atoms with Crippen LogP contribution in [0.1, 0.15) is 41.4 Å². The Morgan fingerprint density at radius 2 is 0.783 bits per heavy atom. The minimum absolute atomic E-state index is 0.0381.